The van der Waals surface area contributed by atoms with Gasteiger partial charge in [0.05, 0.1) is 11.7 Å². The molecule has 192 valence electrons. The Labute approximate surface area is 215 Å². The van der Waals surface area contributed by atoms with E-state index in [4.69, 9.17) is 0 Å². The zero-order chi connectivity index (χ0) is 25.4. The monoisotopic (exact) mass is 501 g/mol. The van der Waals surface area contributed by atoms with Gasteiger partial charge in [-0.1, -0.05) is 43.5 Å². The third-order valence-electron chi connectivity index (χ3n) is 7.88. The second-order valence-electron chi connectivity index (χ2n) is 10.3. The number of fused-ring (bicyclic) bond motifs is 1. The van der Waals surface area contributed by atoms with Crippen LogP contribution in [0.25, 0.3) is 10.9 Å². The fourth-order valence-corrected chi connectivity index (χ4v) is 5.93. The number of benzene rings is 2. The van der Waals surface area contributed by atoms with Gasteiger partial charge < -0.3 is 9.88 Å². The molecule has 37 heavy (non-hydrogen) atoms. The molecule has 1 aliphatic carbocycles. The fourth-order valence-electron chi connectivity index (χ4n) is 5.93. The van der Waals surface area contributed by atoms with Gasteiger partial charge >= 0.3 is 0 Å². The van der Waals surface area contributed by atoms with Crippen molar-refractivity contribution in [1.82, 2.24) is 30.1 Å². The number of hydrogen-bond donors (Lipinski definition) is 1. The first-order valence-electron chi connectivity index (χ1n) is 13.2. The van der Waals surface area contributed by atoms with E-state index in [1.54, 1.807) is 6.07 Å². The topological polar surface area (TPSA) is 82.9 Å². The first-order chi connectivity index (χ1) is 18.1. The van der Waals surface area contributed by atoms with E-state index in [2.05, 4.69) is 36.4 Å². The van der Waals surface area contributed by atoms with Gasteiger partial charge in [-0.25, -0.2) is 9.07 Å². The van der Waals surface area contributed by atoms with Crippen LogP contribution in [-0.2, 0) is 0 Å². The van der Waals surface area contributed by atoms with Gasteiger partial charge in [0.25, 0.3) is 5.56 Å². The van der Waals surface area contributed by atoms with E-state index in [1.807, 2.05) is 41.9 Å². The molecule has 1 aliphatic heterocycles. The predicted octanol–water partition coefficient (Wildman–Crippen LogP) is 4.38. The van der Waals surface area contributed by atoms with Gasteiger partial charge in [0.15, 0.2) is 5.82 Å². The smallest absolute Gasteiger partial charge is 0.253 e. The number of hydrogen-bond acceptors (Lipinski definition) is 6. The lowest BCUT2D eigenvalue weighted by molar-refractivity contribution is 0.192. The van der Waals surface area contributed by atoms with Crippen molar-refractivity contribution in [3.63, 3.8) is 0 Å². The number of tetrazole rings is 1. The summed E-state index contributed by atoms with van der Waals surface area (Å²) < 4.78 is 16.4. The number of nitrogens with one attached hydrogen (secondary N) is 1. The van der Waals surface area contributed by atoms with E-state index in [0.717, 1.165) is 42.1 Å². The highest BCUT2D eigenvalue weighted by molar-refractivity contribution is 5.79. The highest BCUT2D eigenvalue weighted by atomic mass is 19.1. The van der Waals surface area contributed by atoms with Crippen molar-refractivity contribution >= 4 is 16.6 Å². The number of pyridine rings is 1. The van der Waals surface area contributed by atoms with Crippen molar-refractivity contribution in [1.29, 1.82) is 0 Å². The van der Waals surface area contributed by atoms with Crippen LogP contribution in [0.3, 0.4) is 0 Å². The minimum atomic E-state index is -0.394. The number of halogens is 1. The Morgan fingerprint density at radius 1 is 1.00 bits per heavy atom. The molecule has 0 radical (unpaired) electrons. The Morgan fingerprint density at radius 3 is 2.57 bits per heavy atom. The molecule has 2 aliphatic rings. The Balaban J connectivity index is 1.39. The summed E-state index contributed by atoms with van der Waals surface area (Å²) in [5, 5.41) is 14.0. The maximum atomic E-state index is 14.5. The molecule has 0 bridgehead atoms. The van der Waals surface area contributed by atoms with Crippen molar-refractivity contribution in [2.75, 3.05) is 31.1 Å². The maximum Gasteiger partial charge on any atom is 0.253 e. The number of piperazine rings is 1. The van der Waals surface area contributed by atoms with Crippen LogP contribution in [0.15, 0.2) is 53.3 Å². The van der Waals surface area contributed by atoms with Gasteiger partial charge in [0, 0.05) is 37.3 Å². The van der Waals surface area contributed by atoms with Crippen molar-refractivity contribution in [2.24, 2.45) is 0 Å². The summed E-state index contributed by atoms with van der Waals surface area (Å²) in [5.41, 5.74) is 3.05. The SMILES string of the molecule is Cc1ccc2cc([C@@H](c3nnnn3C3CCCCC3)N3CCN(c4ccccc4F)CC3)c(=O)[nH]c2c1. The maximum absolute atomic E-state index is 14.5. The van der Waals surface area contributed by atoms with Crippen LogP contribution in [0, 0.1) is 12.7 Å². The number of aryl methyl sites for hydroxylation is 1. The van der Waals surface area contributed by atoms with Crippen molar-refractivity contribution < 1.29 is 4.39 Å². The highest BCUT2D eigenvalue weighted by Crippen LogP contribution is 2.34. The molecular weight excluding hydrogens is 469 g/mol. The average molecular weight is 502 g/mol. The van der Waals surface area contributed by atoms with Gasteiger partial charge in [0.1, 0.15) is 11.9 Å². The lowest BCUT2D eigenvalue weighted by atomic mass is 9.95. The molecule has 6 rings (SSSR count). The number of aromatic nitrogens is 5. The van der Waals surface area contributed by atoms with Crippen LogP contribution in [-0.4, -0.2) is 56.3 Å². The standard InChI is InChI=1S/C28H32FN7O/c1-19-11-12-20-18-22(28(37)30-24(20)17-19)26(27-31-32-33-36(27)21-7-3-2-4-8-21)35-15-13-34(14-16-35)25-10-6-5-9-23(25)29/h5-6,9-12,17-18,21,26H,2-4,7-8,13-16H2,1H3,(H,30,37)/t26-/m0/s1. The molecular formula is C28H32FN7O. The number of aromatic amines is 1. The van der Waals surface area contributed by atoms with E-state index in [0.29, 0.717) is 43.3 Å². The summed E-state index contributed by atoms with van der Waals surface area (Å²) in [5.74, 6) is 0.498. The first-order valence-corrected chi connectivity index (χ1v) is 13.2. The Kier molecular flexibility index (Phi) is 6.46. The third kappa shape index (κ3) is 4.64. The van der Waals surface area contributed by atoms with E-state index in [-0.39, 0.29) is 17.4 Å². The predicted molar refractivity (Wildman–Crippen MR) is 141 cm³/mol. The third-order valence-corrected chi connectivity index (χ3v) is 7.88. The molecule has 0 spiro atoms. The molecule has 2 aromatic carbocycles. The van der Waals surface area contributed by atoms with Crippen molar-refractivity contribution in [3.05, 3.63) is 81.7 Å². The second kappa shape index (κ2) is 10.0. The van der Waals surface area contributed by atoms with Gasteiger partial charge in [-0.15, -0.1) is 5.10 Å². The number of nitrogens with zero attached hydrogens (tertiary/aromatic N) is 6. The van der Waals surface area contributed by atoms with Crippen LogP contribution in [0.1, 0.15) is 61.1 Å². The fraction of sp³-hybridized carbons (Fsp3) is 0.429. The molecule has 1 atom stereocenters. The van der Waals surface area contributed by atoms with Gasteiger partial charge in [-0.2, -0.15) is 0 Å². The largest absolute Gasteiger partial charge is 0.367 e. The number of anilines is 1. The quantitative estimate of drug-likeness (QED) is 0.437. The summed E-state index contributed by atoms with van der Waals surface area (Å²) in [4.78, 5) is 21.0. The molecule has 1 saturated heterocycles. The zero-order valence-electron chi connectivity index (χ0n) is 21.1. The molecule has 2 fully saturated rings. The van der Waals surface area contributed by atoms with Crippen LogP contribution >= 0.6 is 0 Å². The Hall–Kier alpha value is -3.59. The second-order valence-corrected chi connectivity index (χ2v) is 10.3. The lowest BCUT2D eigenvalue weighted by Crippen LogP contribution is -2.49. The van der Waals surface area contributed by atoms with Crippen LogP contribution in [0.2, 0.25) is 0 Å². The molecule has 9 heteroatoms. The summed E-state index contributed by atoms with van der Waals surface area (Å²) in [6, 6.07) is 14.8. The van der Waals surface area contributed by atoms with E-state index in [9.17, 15) is 9.18 Å². The van der Waals surface area contributed by atoms with E-state index >= 15 is 0 Å². The summed E-state index contributed by atoms with van der Waals surface area (Å²) >= 11 is 0. The normalized spacial score (nSPS) is 18.4. The van der Waals surface area contributed by atoms with Crippen molar-refractivity contribution in [3.8, 4) is 0 Å². The highest BCUT2D eigenvalue weighted by Gasteiger charge is 2.34. The average Bonchev–Trinajstić information content (AvgIpc) is 3.40. The van der Waals surface area contributed by atoms with Gasteiger partial charge in [-0.3, -0.25) is 9.69 Å². The molecule has 8 nitrogen and oxygen atoms in total. The van der Waals surface area contributed by atoms with Gasteiger partial charge in [-0.05, 0) is 65.4 Å². The van der Waals surface area contributed by atoms with Crippen molar-refractivity contribution in [2.45, 2.75) is 51.1 Å². The number of rotatable bonds is 5. The number of H-pyrrole nitrogens is 1. The van der Waals surface area contributed by atoms with E-state index in [1.165, 1.54) is 12.5 Å². The lowest BCUT2D eigenvalue weighted by Gasteiger charge is -2.40. The molecule has 1 saturated carbocycles. The molecule has 0 amide bonds. The number of para-hydroxylation sites is 1. The first kappa shape index (κ1) is 23.8. The molecule has 0 unspecified atom stereocenters. The Bertz CT molecular complexity index is 1450. The van der Waals surface area contributed by atoms with Crippen LogP contribution in [0.4, 0.5) is 10.1 Å². The molecule has 1 N–H and O–H groups in total. The minimum absolute atomic E-state index is 0.127. The molecule has 4 aromatic rings. The molecule has 2 aromatic heterocycles. The summed E-state index contributed by atoms with van der Waals surface area (Å²) in [6.07, 6.45) is 5.63. The van der Waals surface area contributed by atoms with E-state index < -0.39 is 6.04 Å². The summed E-state index contributed by atoms with van der Waals surface area (Å²) in [7, 11) is 0. The van der Waals surface area contributed by atoms with Crippen LogP contribution < -0.4 is 10.5 Å². The van der Waals surface area contributed by atoms with Gasteiger partial charge in [0.2, 0.25) is 0 Å². The Morgan fingerprint density at radius 2 is 1.78 bits per heavy atom. The molecule has 3 heterocycles. The van der Waals surface area contributed by atoms with Crippen LogP contribution in [0.5, 0.6) is 0 Å². The zero-order valence-corrected chi connectivity index (χ0v) is 21.1. The summed E-state index contributed by atoms with van der Waals surface area (Å²) in [6.45, 7) is 4.62. The minimum Gasteiger partial charge on any atom is -0.367 e.